The van der Waals surface area contributed by atoms with Crippen molar-refractivity contribution in [2.45, 2.75) is 32.4 Å². The molecular formula is C16H25ClN2O2. The highest BCUT2D eigenvalue weighted by atomic mass is 35.5. The summed E-state index contributed by atoms with van der Waals surface area (Å²) in [5, 5.41) is 0. The molecule has 1 aliphatic heterocycles. The van der Waals surface area contributed by atoms with Gasteiger partial charge in [0, 0.05) is 12.6 Å². The number of benzene rings is 1. The summed E-state index contributed by atoms with van der Waals surface area (Å²) in [6.07, 6.45) is 1.47. The van der Waals surface area contributed by atoms with Crippen molar-refractivity contribution >= 4 is 18.3 Å². The van der Waals surface area contributed by atoms with E-state index < -0.39 is 0 Å². The van der Waals surface area contributed by atoms with Crippen LogP contribution in [-0.2, 0) is 16.1 Å². The second-order valence-corrected chi connectivity index (χ2v) is 5.52. The van der Waals surface area contributed by atoms with Crippen molar-refractivity contribution in [3.63, 3.8) is 0 Å². The molecule has 0 spiro atoms. The Bertz CT molecular complexity index is 428. The summed E-state index contributed by atoms with van der Waals surface area (Å²) in [4.78, 5) is 14.1. The van der Waals surface area contributed by atoms with Gasteiger partial charge in [0.2, 0.25) is 5.91 Å². The summed E-state index contributed by atoms with van der Waals surface area (Å²) in [5.41, 5.74) is 6.82. The summed E-state index contributed by atoms with van der Waals surface area (Å²) < 4.78 is 5.57. The van der Waals surface area contributed by atoms with Crippen molar-refractivity contribution in [2.75, 3.05) is 19.7 Å². The number of nitrogens with two attached hydrogens (primary N) is 1. The van der Waals surface area contributed by atoms with Gasteiger partial charge in [-0.05, 0) is 31.4 Å². The summed E-state index contributed by atoms with van der Waals surface area (Å²) >= 11 is 0. The number of rotatable bonds is 6. The largest absolute Gasteiger partial charge is 0.376 e. The monoisotopic (exact) mass is 312 g/mol. The number of ether oxygens (including phenoxy) is 1. The smallest absolute Gasteiger partial charge is 0.225 e. The molecule has 0 aromatic heterocycles. The SMILES string of the molecule is CC1CC(CN)CN1C(=O)CCOCc1ccccc1.Cl. The number of halogens is 1. The Labute approximate surface area is 133 Å². The first kappa shape index (κ1) is 18.0. The average Bonchev–Trinajstić information content (AvgIpc) is 2.86. The molecular weight excluding hydrogens is 288 g/mol. The predicted molar refractivity (Wildman–Crippen MR) is 86.3 cm³/mol. The quantitative estimate of drug-likeness (QED) is 0.819. The molecule has 1 saturated heterocycles. The average molecular weight is 313 g/mol. The lowest BCUT2D eigenvalue weighted by atomic mass is 10.1. The molecule has 0 radical (unpaired) electrons. The van der Waals surface area contributed by atoms with Gasteiger partial charge in [-0.25, -0.2) is 0 Å². The summed E-state index contributed by atoms with van der Waals surface area (Å²) in [7, 11) is 0. The molecule has 0 saturated carbocycles. The highest BCUT2D eigenvalue weighted by Crippen LogP contribution is 2.22. The van der Waals surface area contributed by atoms with Gasteiger partial charge < -0.3 is 15.4 Å². The van der Waals surface area contributed by atoms with Crippen LogP contribution in [0.2, 0.25) is 0 Å². The lowest BCUT2D eigenvalue weighted by molar-refractivity contribution is -0.133. The van der Waals surface area contributed by atoms with Crippen LogP contribution in [-0.4, -0.2) is 36.5 Å². The van der Waals surface area contributed by atoms with E-state index in [1.165, 1.54) is 0 Å². The number of carbonyl (C=O) groups excluding carboxylic acids is 1. The maximum atomic E-state index is 12.1. The molecule has 118 valence electrons. The van der Waals surface area contributed by atoms with Crippen LogP contribution in [0, 0.1) is 5.92 Å². The molecule has 2 unspecified atom stereocenters. The van der Waals surface area contributed by atoms with Crippen LogP contribution in [0.4, 0.5) is 0 Å². The van der Waals surface area contributed by atoms with Gasteiger partial charge in [-0.2, -0.15) is 0 Å². The Balaban J connectivity index is 0.00000220. The molecule has 5 heteroatoms. The highest BCUT2D eigenvalue weighted by molar-refractivity contribution is 5.85. The minimum absolute atomic E-state index is 0. The van der Waals surface area contributed by atoms with Gasteiger partial charge in [0.15, 0.2) is 0 Å². The van der Waals surface area contributed by atoms with E-state index >= 15 is 0 Å². The van der Waals surface area contributed by atoms with E-state index in [9.17, 15) is 4.79 Å². The van der Waals surface area contributed by atoms with Gasteiger partial charge in [-0.1, -0.05) is 30.3 Å². The summed E-state index contributed by atoms with van der Waals surface area (Å²) in [5.74, 6) is 0.640. The first-order valence-electron chi connectivity index (χ1n) is 7.32. The molecule has 2 atom stereocenters. The molecule has 2 rings (SSSR count). The van der Waals surface area contributed by atoms with Crippen LogP contribution in [0.3, 0.4) is 0 Å². The van der Waals surface area contributed by atoms with Crippen LogP contribution in [0.1, 0.15) is 25.3 Å². The third-order valence-corrected chi connectivity index (χ3v) is 3.89. The fourth-order valence-electron chi connectivity index (χ4n) is 2.73. The summed E-state index contributed by atoms with van der Waals surface area (Å²) in [6.45, 7) is 4.60. The van der Waals surface area contributed by atoms with Gasteiger partial charge in [-0.3, -0.25) is 4.79 Å². The van der Waals surface area contributed by atoms with Gasteiger partial charge >= 0.3 is 0 Å². The van der Waals surface area contributed by atoms with Gasteiger partial charge in [0.25, 0.3) is 0 Å². The molecule has 1 aromatic rings. The zero-order valence-electron chi connectivity index (χ0n) is 12.5. The van der Waals surface area contributed by atoms with Gasteiger partial charge in [0.1, 0.15) is 0 Å². The van der Waals surface area contributed by atoms with Gasteiger partial charge in [0.05, 0.1) is 19.6 Å². The van der Waals surface area contributed by atoms with Crippen molar-refractivity contribution in [2.24, 2.45) is 11.7 Å². The van der Waals surface area contributed by atoms with E-state index in [2.05, 4.69) is 6.92 Å². The molecule has 4 nitrogen and oxygen atoms in total. The highest BCUT2D eigenvalue weighted by Gasteiger charge is 2.30. The number of amides is 1. The molecule has 1 heterocycles. The second-order valence-electron chi connectivity index (χ2n) is 5.52. The lowest BCUT2D eigenvalue weighted by Gasteiger charge is -2.21. The molecule has 21 heavy (non-hydrogen) atoms. The maximum absolute atomic E-state index is 12.1. The Hall–Kier alpha value is -1.10. The first-order chi connectivity index (χ1) is 9.70. The zero-order valence-corrected chi connectivity index (χ0v) is 13.3. The van der Waals surface area contributed by atoms with Crippen molar-refractivity contribution in [3.05, 3.63) is 35.9 Å². The Kier molecular flexibility index (Phi) is 7.72. The molecule has 1 aromatic carbocycles. The molecule has 0 bridgehead atoms. The number of likely N-dealkylation sites (tertiary alicyclic amines) is 1. The Morgan fingerprint density at radius 2 is 2.10 bits per heavy atom. The lowest BCUT2D eigenvalue weighted by Crippen LogP contribution is -2.35. The fourth-order valence-corrected chi connectivity index (χ4v) is 2.73. The third-order valence-electron chi connectivity index (χ3n) is 3.89. The van der Waals surface area contributed by atoms with E-state index in [4.69, 9.17) is 10.5 Å². The Morgan fingerprint density at radius 1 is 1.38 bits per heavy atom. The van der Waals surface area contributed by atoms with Crippen LogP contribution < -0.4 is 5.73 Å². The standard InChI is InChI=1S/C16H24N2O2.ClH/c1-13-9-15(10-17)11-18(13)16(19)7-8-20-12-14-5-3-2-4-6-14;/h2-6,13,15H,7-12,17H2,1H3;1H. The molecule has 2 N–H and O–H groups in total. The number of hydrogen-bond donors (Lipinski definition) is 1. The molecule has 1 fully saturated rings. The fraction of sp³-hybridized carbons (Fsp3) is 0.562. The van der Waals surface area contributed by atoms with Crippen LogP contribution in [0.15, 0.2) is 30.3 Å². The van der Waals surface area contributed by atoms with Crippen molar-refractivity contribution < 1.29 is 9.53 Å². The number of nitrogens with zero attached hydrogens (tertiary/aromatic N) is 1. The minimum Gasteiger partial charge on any atom is -0.376 e. The van der Waals surface area contributed by atoms with E-state index in [0.717, 1.165) is 18.5 Å². The Morgan fingerprint density at radius 3 is 2.71 bits per heavy atom. The van der Waals surface area contributed by atoms with Gasteiger partial charge in [-0.15, -0.1) is 12.4 Å². The molecule has 0 aliphatic carbocycles. The minimum atomic E-state index is 0. The third kappa shape index (κ3) is 5.30. The topological polar surface area (TPSA) is 55.6 Å². The van der Waals surface area contributed by atoms with Crippen LogP contribution >= 0.6 is 12.4 Å². The van der Waals surface area contributed by atoms with E-state index in [1.54, 1.807) is 0 Å². The normalized spacial score (nSPS) is 21.1. The molecule has 1 amide bonds. The maximum Gasteiger partial charge on any atom is 0.225 e. The van der Waals surface area contributed by atoms with E-state index in [-0.39, 0.29) is 18.3 Å². The van der Waals surface area contributed by atoms with E-state index in [0.29, 0.717) is 38.1 Å². The first-order valence-corrected chi connectivity index (χ1v) is 7.32. The zero-order chi connectivity index (χ0) is 14.4. The summed E-state index contributed by atoms with van der Waals surface area (Å²) in [6, 6.07) is 10.3. The number of carbonyl (C=O) groups is 1. The molecule has 1 aliphatic rings. The van der Waals surface area contributed by atoms with Crippen molar-refractivity contribution in [1.29, 1.82) is 0 Å². The van der Waals surface area contributed by atoms with E-state index in [1.807, 2.05) is 35.2 Å². The second kappa shape index (κ2) is 9.03. The van der Waals surface area contributed by atoms with Crippen molar-refractivity contribution in [1.82, 2.24) is 4.90 Å². The number of hydrogen-bond acceptors (Lipinski definition) is 3. The van der Waals surface area contributed by atoms with Crippen molar-refractivity contribution in [3.8, 4) is 0 Å². The van der Waals surface area contributed by atoms with Crippen LogP contribution in [0.25, 0.3) is 0 Å². The predicted octanol–water partition coefficient (Wildman–Crippen LogP) is 2.21. The van der Waals surface area contributed by atoms with Crippen LogP contribution in [0.5, 0.6) is 0 Å².